The van der Waals surface area contributed by atoms with Gasteiger partial charge in [0.1, 0.15) is 6.61 Å². The van der Waals surface area contributed by atoms with Crippen LogP contribution in [0.15, 0.2) is 72.8 Å². The number of hydrogen-bond acceptors (Lipinski definition) is 1. The molecule has 3 aromatic rings. The lowest BCUT2D eigenvalue weighted by atomic mass is 9.63. The Balaban J connectivity index is 1.22. The average Bonchev–Trinajstić information content (AvgIpc) is 2.88. The molecule has 2 aliphatic rings. The zero-order chi connectivity index (χ0) is 22.6. The highest BCUT2D eigenvalue weighted by Crippen LogP contribution is 2.48. The highest BCUT2D eigenvalue weighted by atomic mass is 19.1. The highest BCUT2D eigenvalue weighted by molar-refractivity contribution is 5.64. The van der Waals surface area contributed by atoms with Crippen molar-refractivity contribution in [2.75, 3.05) is 0 Å². The molecular formula is C31H35FO. The van der Waals surface area contributed by atoms with E-state index in [0.29, 0.717) is 18.3 Å². The van der Waals surface area contributed by atoms with Crippen molar-refractivity contribution in [3.63, 3.8) is 0 Å². The fourth-order valence-corrected chi connectivity index (χ4v) is 6.14. The molecule has 0 bridgehead atoms. The van der Waals surface area contributed by atoms with Crippen LogP contribution in [-0.4, -0.2) is 0 Å². The minimum atomic E-state index is -0.312. The van der Waals surface area contributed by atoms with E-state index in [-0.39, 0.29) is 5.82 Å². The molecule has 1 nitrogen and oxygen atoms in total. The Bertz CT molecular complexity index is 1040. The number of hydrogen-bond donors (Lipinski definition) is 0. The Kier molecular flexibility index (Phi) is 6.80. The summed E-state index contributed by atoms with van der Waals surface area (Å²) < 4.78 is 20.4. The smallest absolute Gasteiger partial charge is 0.165 e. The van der Waals surface area contributed by atoms with E-state index in [0.717, 1.165) is 34.4 Å². The van der Waals surface area contributed by atoms with Gasteiger partial charge in [-0.05, 0) is 90.2 Å². The van der Waals surface area contributed by atoms with Crippen LogP contribution in [-0.2, 0) is 6.61 Å². The summed E-state index contributed by atoms with van der Waals surface area (Å²) in [5.41, 5.74) is 4.44. The van der Waals surface area contributed by atoms with E-state index in [1.165, 1.54) is 50.5 Å². The van der Waals surface area contributed by atoms with Crippen molar-refractivity contribution in [2.24, 2.45) is 17.8 Å². The monoisotopic (exact) mass is 442 g/mol. The summed E-state index contributed by atoms with van der Waals surface area (Å²) in [5, 5.41) is 0. The first-order chi connectivity index (χ1) is 16.2. The number of halogens is 1. The quantitative estimate of drug-likeness (QED) is 0.371. The van der Waals surface area contributed by atoms with Crippen LogP contribution in [0.25, 0.3) is 11.1 Å². The first-order valence-corrected chi connectivity index (χ1v) is 12.8. The summed E-state index contributed by atoms with van der Waals surface area (Å²) in [6.07, 6.45) is 9.73. The van der Waals surface area contributed by atoms with Gasteiger partial charge in [-0.15, -0.1) is 0 Å². The average molecular weight is 443 g/mol. The molecule has 172 valence electrons. The number of ether oxygens (including phenoxy) is 1. The van der Waals surface area contributed by atoms with Crippen LogP contribution in [0.3, 0.4) is 0 Å². The van der Waals surface area contributed by atoms with Gasteiger partial charge in [-0.2, -0.15) is 0 Å². The van der Waals surface area contributed by atoms with Crippen molar-refractivity contribution in [2.45, 2.75) is 64.4 Å². The van der Waals surface area contributed by atoms with E-state index in [1.807, 2.05) is 36.4 Å². The molecular weight excluding hydrogens is 407 g/mol. The molecule has 5 rings (SSSR count). The van der Waals surface area contributed by atoms with Crippen molar-refractivity contribution < 1.29 is 9.13 Å². The summed E-state index contributed by atoms with van der Waals surface area (Å²) in [7, 11) is 0. The normalized spacial score (nSPS) is 24.8. The Morgan fingerprint density at radius 3 is 2.27 bits per heavy atom. The van der Waals surface area contributed by atoms with E-state index in [4.69, 9.17) is 4.74 Å². The van der Waals surface area contributed by atoms with Gasteiger partial charge < -0.3 is 4.74 Å². The zero-order valence-corrected chi connectivity index (χ0v) is 19.7. The largest absolute Gasteiger partial charge is 0.486 e. The summed E-state index contributed by atoms with van der Waals surface area (Å²) >= 11 is 0. The number of fused-ring (bicyclic) bond motifs is 1. The van der Waals surface area contributed by atoms with Crippen LogP contribution in [0, 0.1) is 23.6 Å². The molecule has 0 N–H and O–H groups in total. The Hall–Kier alpha value is -2.61. The van der Waals surface area contributed by atoms with E-state index in [9.17, 15) is 4.39 Å². The first kappa shape index (κ1) is 22.2. The molecule has 0 saturated heterocycles. The first-order valence-electron chi connectivity index (χ1n) is 12.8. The van der Waals surface area contributed by atoms with Gasteiger partial charge in [0.15, 0.2) is 11.6 Å². The molecule has 0 spiro atoms. The maximum Gasteiger partial charge on any atom is 0.165 e. The van der Waals surface area contributed by atoms with Crippen molar-refractivity contribution in [3.05, 3.63) is 89.7 Å². The second-order valence-corrected chi connectivity index (χ2v) is 10.2. The van der Waals surface area contributed by atoms with Crippen LogP contribution in [0.2, 0.25) is 0 Å². The van der Waals surface area contributed by atoms with Gasteiger partial charge in [-0.3, -0.25) is 0 Å². The van der Waals surface area contributed by atoms with Crippen molar-refractivity contribution in [1.82, 2.24) is 0 Å². The minimum absolute atomic E-state index is 0.300. The molecule has 0 aromatic heterocycles. The minimum Gasteiger partial charge on any atom is -0.486 e. The van der Waals surface area contributed by atoms with Gasteiger partial charge >= 0.3 is 0 Å². The van der Waals surface area contributed by atoms with Gasteiger partial charge in [0.25, 0.3) is 0 Å². The fourth-order valence-electron chi connectivity index (χ4n) is 6.14. The van der Waals surface area contributed by atoms with Crippen molar-refractivity contribution in [3.8, 4) is 16.9 Å². The third kappa shape index (κ3) is 5.16. The summed E-state index contributed by atoms with van der Waals surface area (Å²) in [5.74, 6) is 3.53. The second kappa shape index (κ2) is 10.1. The van der Waals surface area contributed by atoms with E-state index >= 15 is 0 Å². The molecule has 2 aliphatic carbocycles. The van der Waals surface area contributed by atoms with Crippen LogP contribution < -0.4 is 4.74 Å². The maximum atomic E-state index is 14.7. The van der Waals surface area contributed by atoms with Gasteiger partial charge in [0.2, 0.25) is 0 Å². The van der Waals surface area contributed by atoms with Gasteiger partial charge in [-0.25, -0.2) is 4.39 Å². The third-order valence-corrected chi connectivity index (χ3v) is 8.18. The molecule has 2 heteroatoms. The Labute approximate surface area is 198 Å². The van der Waals surface area contributed by atoms with E-state index in [2.05, 4.69) is 31.2 Å². The highest BCUT2D eigenvalue weighted by Gasteiger charge is 2.35. The van der Waals surface area contributed by atoms with Gasteiger partial charge in [-0.1, -0.05) is 80.4 Å². The molecule has 0 aliphatic heterocycles. The van der Waals surface area contributed by atoms with Crippen LogP contribution >= 0.6 is 0 Å². The predicted molar refractivity (Wildman–Crippen MR) is 134 cm³/mol. The van der Waals surface area contributed by atoms with E-state index < -0.39 is 0 Å². The number of benzene rings is 3. The number of rotatable bonds is 6. The molecule has 2 fully saturated rings. The van der Waals surface area contributed by atoms with Gasteiger partial charge in [0, 0.05) is 0 Å². The molecule has 33 heavy (non-hydrogen) atoms. The second-order valence-electron chi connectivity index (χ2n) is 10.2. The molecule has 4 unspecified atom stereocenters. The summed E-state index contributed by atoms with van der Waals surface area (Å²) in [6, 6.07) is 24.0. The summed E-state index contributed by atoms with van der Waals surface area (Å²) in [6.45, 7) is 2.73. The molecule has 0 radical (unpaired) electrons. The molecule has 3 aromatic carbocycles. The van der Waals surface area contributed by atoms with Gasteiger partial charge in [0.05, 0.1) is 0 Å². The molecule has 0 amide bonds. The van der Waals surface area contributed by atoms with Crippen molar-refractivity contribution in [1.29, 1.82) is 0 Å². The fraction of sp³-hybridized carbons (Fsp3) is 0.419. The third-order valence-electron chi connectivity index (χ3n) is 8.18. The topological polar surface area (TPSA) is 9.23 Å². The van der Waals surface area contributed by atoms with E-state index in [1.54, 1.807) is 12.1 Å². The SMILES string of the molecule is CCC1CCC2CC(c3ccc(-c4ccc(OCc5ccccc5)c(F)c4)cc3)CCC2C1. The molecule has 4 atom stereocenters. The maximum absolute atomic E-state index is 14.7. The van der Waals surface area contributed by atoms with Crippen LogP contribution in [0.5, 0.6) is 5.75 Å². The zero-order valence-electron chi connectivity index (χ0n) is 19.7. The predicted octanol–water partition coefficient (Wildman–Crippen LogP) is 8.78. The standard InChI is InChI=1S/C31H35FO/c1-2-22-8-9-28-19-27(15-14-26(28)18-22)24-10-12-25(13-11-24)29-16-17-31(30(32)20-29)33-21-23-6-4-3-5-7-23/h3-7,10-13,16-17,20,22,26-28H,2,8-9,14-15,18-19,21H2,1H3. The lowest BCUT2D eigenvalue weighted by molar-refractivity contribution is 0.116. The molecule has 2 saturated carbocycles. The summed E-state index contributed by atoms with van der Waals surface area (Å²) in [4.78, 5) is 0. The van der Waals surface area contributed by atoms with Crippen LogP contribution in [0.4, 0.5) is 4.39 Å². The lowest BCUT2D eigenvalue weighted by Crippen LogP contribution is -2.30. The Morgan fingerprint density at radius 1 is 0.788 bits per heavy atom. The Morgan fingerprint density at radius 2 is 1.52 bits per heavy atom. The lowest BCUT2D eigenvalue weighted by Gasteiger charge is -2.42. The van der Waals surface area contributed by atoms with Crippen LogP contribution in [0.1, 0.15) is 68.9 Å². The van der Waals surface area contributed by atoms with Crippen molar-refractivity contribution >= 4 is 0 Å². The molecule has 0 heterocycles.